The number of benzene rings is 3. The normalized spacial score (nSPS) is 11.0. The van der Waals surface area contributed by atoms with E-state index in [4.69, 9.17) is 9.47 Å². The van der Waals surface area contributed by atoms with Crippen LogP contribution in [-0.4, -0.2) is 29.9 Å². The Morgan fingerprint density at radius 2 is 1.71 bits per heavy atom. The Morgan fingerprint density at radius 1 is 0.971 bits per heavy atom. The number of ether oxygens (including phenoxy) is 2. The van der Waals surface area contributed by atoms with Crippen LogP contribution in [0.25, 0.3) is 28.1 Å². The van der Waals surface area contributed by atoms with Gasteiger partial charge in [-0.15, -0.1) is 0 Å². The van der Waals surface area contributed by atoms with Crippen LogP contribution in [-0.2, 0) is 0 Å². The highest BCUT2D eigenvalue weighted by Gasteiger charge is 2.21. The molecule has 34 heavy (non-hydrogen) atoms. The number of methoxy groups -OCH3 is 2. The van der Waals surface area contributed by atoms with Crippen LogP contribution in [0.15, 0.2) is 77.6 Å². The molecule has 8 nitrogen and oxygen atoms in total. The zero-order valence-corrected chi connectivity index (χ0v) is 18.4. The minimum Gasteiger partial charge on any atom is -0.493 e. The lowest BCUT2D eigenvalue weighted by Crippen LogP contribution is -2.18. The third kappa shape index (κ3) is 4.29. The Bertz CT molecular complexity index is 1490. The molecule has 4 aromatic rings. The molecule has 1 aromatic heterocycles. The molecule has 0 bridgehead atoms. The third-order valence-corrected chi connectivity index (χ3v) is 5.35. The molecule has 8 heteroatoms. The van der Waals surface area contributed by atoms with Crippen LogP contribution < -0.4 is 15.0 Å². The van der Waals surface area contributed by atoms with Crippen molar-refractivity contribution >= 4 is 28.4 Å². The Labute approximate surface area is 194 Å². The molecule has 0 amide bonds. The zero-order valence-electron chi connectivity index (χ0n) is 18.4. The quantitative estimate of drug-likeness (QED) is 0.181. The lowest BCUT2D eigenvalue weighted by atomic mass is 9.93. The van der Waals surface area contributed by atoms with E-state index in [2.05, 4.69) is 4.98 Å². The number of pyridine rings is 1. The number of H-pyrrole nitrogens is 1. The number of fused-ring (bicyclic) bond motifs is 1. The summed E-state index contributed by atoms with van der Waals surface area (Å²) in [6.07, 6.45) is 2.86. The first-order valence-corrected chi connectivity index (χ1v) is 10.3. The van der Waals surface area contributed by atoms with Crippen LogP contribution in [0.5, 0.6) is 11.5 Å². The predicted octanol–water partition coefficient (Wildman–Crippen LogP) is 5.02. The minimum atomic E-state index is -0.581. The van der Waals surface area contributed by atoms with Gasteiger partial charge in [0.15, 0.2) is 17.3 Å². The smallest absolute Gasteiger partial charge is 0.270 e. The van der Waals surface area contributed by atoms with Crippen molar-refractivity contribution in [2.24, 2.45) is 0 Å². The van der Waals surface area contributed by atoms with Gasteiger partial charge >= 0.3 is 0 Å². The van der Waals surface area contributed by atoms with Gasteiger partial charge in [0, 0.05) is 28.6 Å². The highest BCUT2D eigenvalue weighted by atomic mass is 16.6. The molecule has 1 N–H and O–H groups in total. The van der Waals surface area contributed by atoms with Crippen LogP contribution >= 0.6 is 0 Å². The number of nitro benzene ring substituents is 1. The van der Waals surface area contributed by atoms with E-state index in [1.165, 1.54) is 38.5 Å². The molecule has 0 saturated heterocycles. The first kappa shape index (κ1) is 22.5. The zero-order chi connectivity index (χ0) is 24.2. The van der Waals surface area contributed by atoms with Crippen LogP contribution in [0, 0.1) is 10.1 Å². The van der Waals surface area contributed by atoms with Gasteiger partial charge in [-0.2, -0.15) is 0 Å². The van der Waals surface area contributed by atoms with Crippen molar-refractivity contribution < 1.29 is 19.2 Å². The molecule has 0 atom stereocenters. The van der Waals surface area contributed by atoms with Crippen LogP contribution in [0.4, 0.5) is 5.69 Å². The average molecular weight is 456 g/mol. The number of nitrogens with zero attached hydrogens (tertiary/aromatic N) is 1. The van der Waals surface area contributed by atoms with Gasteiger partial charge in [0.05, 0.1) is 24.7 Å². The number of hydrogen-bond acceptors (Lipinski definition) is 6. The summed E-state index contributed by atoms with van der Waals surface area (Å²) >= 11 is 0. The second kappa shape index (κ2) is 9.41. The Morgan fingerprint density at radius 3 is 2.38 bits per heavy atom. The van der Waals surface area contributed by atoms with Crippen molar-refractivity contribution in [3.63, 3.8) is 0 Å². The van der Waals surface area contributed by atoms with Crippen LogP contribution in [0.3, 0.4) is 0 Å². The summed E-state index contributed by atoms with van der Waals surface area (Å²) in [6.45, 7) is 0. The second-order valence-electron chi connectivity index (χ2n) is 7.37. The maximum Gasteiger partial charge on any atom is 0.270 e. The number of allylic oxidation sites excluding steroid dienone is 1. The maximum absolute atomic E-state index is 13.3. The van der Waals surface area contributed by atoms with Gasteiger partial charge in [0.2, 0.25) is 0 Å². The van der Waals surface area contributed by atoms with E-state index in [0.29, 0.717) is 39.1 Å². The lowest BCUT2D eigenvalue weighted by Gasteiger charge is -2.11. The van der Waals surface area contributed by atoms with Crippen molar-refractivity contribution in [3.05, 3.63) is 104 Å². The summed E-state index contributed by atoms with van der Waals surface area (Å²) in [5.74, 6) is 0.506. The molecule has 0 radical (unpaired) electrons. The molecule has 0 aliphatic carbocycles. The summed E-state index contributed by atoms with van der Waals surface area (Å²) in [4.78, 5) is 39.8. The molecule has 170 valence electrons. The maximum atomic E-state index is 13.3. The number of aromatic amines is 1. The Hall–Kier alpha value is -4.72. The number of aromatic nitrogens is 1. The molecular weight excluding hydrogens is 436 g/mol. The number of hydrogen-bond donors (Lipinski definition) is 1. The molecule has 0 fully saturated rings. The topological polar surface area (TPSA) is 112 Å². The standard InChI is InChI=1S/C26H20N2O6/c1-33-22-13-9-16(14-23(22)34-2)8-12-21(29)25-24(17-6-4-3-5-7-17)19-15-18(28(31)32)10-11-20(19)27-26(25)30/h3-15H,1-2H3,(H,27,30)/b12-8+. The minimum absolute atomic E-state index is 0.101. The van der Waals surface area contributed by atoms with E-state index in [1.54, 1.807) is 54.6 Å². The molecule has 0 unspecified atom stereocenters. The number of carbonyl (C=O) groups excluding carboxylic acids is 1. The number of nitro groups is 1. The van der Waals surface area contributed by atoms with Crippen molar-refractivity contribution in [3.8, 4) is 22.6 Å². The van der Waals surface area contributed by atoms with Gasteiger partial charge in [0.25, 0.3) is 11.2 Å². The van der Waals surface area contributed by atoms with E-state index in [0.717, 1.165) is 0 Å². The number of non-ortho nitro benzene ring substituents is 1. The summed E-state index contributed by atoms with van der Waals surface area (Å²) in [6, 6.07) is 18.2. The number of rotatable bonds is 7. The van der Waals surface area contributed by atoms with Crippen molar-refractivity contribution in [2.75, 3.05) is 14.2 Å². The molecule has 0 aliphatic heterocycles. The second-order valence-corrected chi connectivity index (χ2v) is 7.37. The number of ketones is 1. The summed E-state index contributed by atoms with van der Waals surface area (Å²) in [5, 5.41) is 11.8. The largest absolute Gasteiger partial charge is 0.493 e. The summed E-state index contributed by atoms with van der Waals surface area (Å²) in [7, 11) is 3.04. The molecule has 0 aliphatic rings. The average Bonchev–Trinajstić information content (AvgIpc) is 2.86. The fourth-order valence-corrected chi connectivity index (χ4v) is 3.75. The van der Waals surface area contributed by atoms with E-state index in [9.17, 15) is 19.7 Å². The first-order valence-electron chi connectivity index (χ1n) is 10.3. The fourth-order valence-electron chi connectivity index (χ4n) is 3.75. The summed E-state index contributed by atoms with van der Waals surface area (Å²) in [5.41, 5.74) is 1.18. The fraction of sp³-hybridized carbons (Fsp3) is 0.0769. The van der Waals surface area contributed by atoms with Crippen LogP contribution in [0.2, 0.25) is 0 Å². The van der Waals surface area contributed by atoms with E-state index >= 15 is 0 Å². The Kier molecular flexibility index (Phi) is 6.22. The first-order chi connectivity index (χ1) is 16.4. The number of nitrogens with one attached hydrogen (secondary N) is 1. The monoisotopic (exact) mass is 456 g/mol. The predicted molar refractivity (Wildman–Crippen MR) is 130 cm³/mol. The van der Waals surface area contributed by atoms with E-state index < -0.39 is 16.3 Å². The van der Waals surface area contributed by atoms with Gasteiger partial charge in [-0.3, -0.25) is 19.7 Å². The molecule has 0 saturated carbocycles. The molecule has 3 aromatic carbocycles. The lowest BCUT2D eigenvalue weighted by molar-refractivity contribution is -0.384. The molecule has 4 rings (SSSR count). The van der Waals surface area contributed by atoms with Gasteiger partial charge in [0.1, 0.15) is 0 Å². The third-order valence-electron chi connectivity index (χ3n) is 5.35. The van der Waals surface area contributed by atoms with E-state index in [-0.39, 0.29) is 11.3 Å². The highest BCUT2D eigenvalue weighted by molar-refractivity contribution is 6.15. The van der Waals surface area contributed by atoms with Crippen LogP contribution in [0.1, 0.15) is 15.9 Å². The van der Waals surface area contributed by atoms with Gasteiger partial charge < -0.3 is 14.5 Å². The molecular formula is C26H20N2O6. The number of carbonyl (C=O) groups is 1. The highest BCUT2D eigenvalue weighted by Crippen LogP contribution is 2.32. The van der Waals surface area contributed by atoms with Crippen molar-refractivity contribution in [2.45, 2.75) is 0 Å². The van der Waals surface area contributed by atoms with Crippen molar-refractivity contribution in [1.29, 1.82) is 0 Å². The van der Waals surface area contributed by atoms with E-state index in [1.807, 2.05) is 0 Å². The van der Waals surface area contributed by atoms with Gasteiger partial charge in [-0.25, -0.2) is 0 Å². The van der Waals surface area contributed by atoms with Crippen molar-refractivity contribution in [1.82, 2.24) is 4.98 Å². The van der Waals surface area contributed by atoms with Gasteiger partial charge in [-0.05, 0) is 35.4 Å². The summed E-state index contributed by atoms with van der Waals surface area (Å²) < 4.78 is 10.5. The SMILES string of the molecule is COc1ccc(/C=C/C(=O)c2c(-c3ccccc3)c3cc([N+](=O)[O-])ccc3[nH]c2=O)cc1OC. The van der Waals surface area contributed by atoms with Gasteiger partial charge in [-0.1, -0.05) is 42.5 Å². The Balaban J connectivity index is 1.88. The molecule has 1 heterocycles. The molecule has 0 spiro atoms.